The fourth-order valence-electron chi connectivity index (χ4n) is 2.98. The maximum Gasteiger partial charge on any atom is 0.225 e. The van der Waals surface area contributed by atoms with Gasteiger partial charge in [-0.3, -0.25) is 4.79 Å². The molecule has 3 N–H and O–H groups in total. The first-order valence-corrected chi connectivity index (χ1v) is 9.02. The molecule has 156 valence electrons. The summed E-state index contributed by atoms with van der Waals surface area (Å²) in [6, 6.07) is 15.2. The maximum absolute atomic E-state index is 12.4. The van der Waals surface area contributed by atoms with Crippen LogP contribution in [0.2, 0.25) is 0 Å². The molecule has 0 aliphatic rings. The summed E-state index contributed by atoms with van der Waals surface area (Å²) in [6.07, 6.45) is 1.76. The molecule has 29 heavy (non-hydrogen) atoms. The summed E-state index contributed by atoms with van der Waals surface area (Å²) in [5, 5.41) is 7.37. The molecule has 0 fully saturated rings. The van der Waals surface area contributed by atoms with E-state index in [1.807, 2.05) is 69.3 Å². The van der Waals surface area contributed by atoms with Crippen molar-refractivity contribution in [3.63, 3.8) is 0 Å². The van der Waals surface area contributed by atoms with E-state index in [4.69, 9.17) is 5.73 Å². The van der Waals surface area contributed by atoms with E-state index in [9.17, 15) is 4.79 Å². The number of aryl methyl sites for hydroxylation is 2. The highest BCUT2D eigenvalue weighted by Gasteiger charge is 2.21. The Morgan fingerprint density at radius 1 is 1.14 bits per heavy atom. The molecule has 3 aromatic rings. The Balaban J connectivity index is 0.00000210. The second-order valence-corrected chi connectivity index (χ2v) is 6.81. The number of hydrogen-bond donors (Lipinski definition) is 2. The van der Waals surface area contributed by atoms with Gasteiger partial charge in [-0.05, 0) is 37.1 Å². The van der Waals surface area contributed by atoms with Gasteiger partial charge in [-0.15, -0.1) is 24.8 Å². The third kappa shape index (κ3) is 6.03. The molecule has 2 unspecified atom stereocenters. The third-order valence-corrected chi connectivity index (χ3v) is 4.64. The van der Waals surface area contributed by atoms with Gasteiger partial charge < -0.3 is 11.1 Å². The van der Waals surface area contributed by atoms with E-state index >= 15 is 0 Å². The maximum atomic E-state index is 12.4. The molecule has 6 nitrogen and oxygen atoms in total. The molecule has 8 heteroatoms. The number of amides is 1. The Bertz CT molecular complexity index is 913. The van der Waals surface area contributed by atoms with E-state index < -0.39 is 0 Å². The first-order valence-electron chi connectivity index (χ1n) is 9.02. The summed E-state index contributed by atoms with van der Waals surface area (Å²) in [4.78, 5) is 16.9. The van der Waals surface area contributed by atoms with Gasteiger partial charge in [0.1, 0.15) is 0 Å². The Morgan fingerprint density at radius 3 is 2.38 bits per heavy atom. The fraction of sp³-hybridized carbons (Fsp3) is 0.286. The molecule has 0 bridgehead atoms. The lowest BCUT2D eigenvalue weighted by Crippen LogP contribution is -2.35. The second-order valence-electron chi connectivity index (χ2n) is 6.81. The summed E-state index contributed by atoms with van der Waals surface area (Å²) in [5.41, 5.74) is 10.1. The molecule has 3 rings (SSSR count). The quantitative estimate of drug-likeness (QED) is 0.617. The molecule has 0 aliphatic heterocycles. The van der Waals surface area contributed by atoms with Crippen LogP contribution in [-0.2, 0) is 11.3 Å². The van der Waals surface area contributed by atoms with Crippen LogP contribution >= 0.6 is 24.8 Å². The fourth-order valence-corrected chi connectivity index (χ4v) is 2.98. The number of rotatable bonds is 6. The number of aromatic nitrogens is 3. The molecule has 1 aromatic carbocycles. The lowest BCUT2D eigenvalue weighted by atomic mass is 9.94. The smallest absolute Gasteiger partial charge is 0.225 e. The topological polar surface area (TPSA) is 85.8 Å². The number of hydrogen-bond acceptors (Lipinski definition) is 4. The predicted molar refractivity (Wildman–Crippen MR) is 120 cm³/mol. The van der Waals surface area contributed by atoms with Gasteiger partial charge in [0.2, 0.25) is 5.91 Å². The minimum atomic E-state index is -0.335. The van der Waals surface area contributed by atoms with Crippen molar-refractivity contribution in [2.24, 2.45) is 11.7 Å². The average Bonchev–Trinajstić information content (AvgIpc) is 3.04. The summed E-state index contributed by atoms with van der Waals surface area (Å²) < 4.78 is 1.80. The highest BCUT2D eigenvalue weighted by atomic mass is 35.5. The average molecular weight is 436 g/mol. The lowest BCUT2D eigenvalue weighted by molar-refractivity contribution is -0.125. The van der Waals surface area contributed by atoms with Gasteiger partial charge in [-0.2, -0.15) is 5.10 Å². The van der Waals surface area contributed by atoms with Crippen LogP contribution in [0.5, 0.6) is 0 Å². The van der Waals surface area contributed by atoms with E-state index in [1.165, 1.54) is 0 Å². The number of nitrogens with one attached hydrogen (secondary N) is 1. The van der Waals surface area contributed by atoms with Crippen molar-refractivity contribution in [1.82, 2.24) is 20.1 Å². The summed E-state index contributed by atoms with van der Waals surface area (Å²) in [5.74, 6) is 0.360. The van der Waals surface area contributed by atoms with E-state index in [0.29, 0.717) is 6.54 Å². The summed E-state index contributed by atoms with van der Waals surface area (Å²) >= 11 is 0. The Hall–Kier alpha value is -2.41. The van der Waals surface area contributed by atoms with Crippen molar-refractivity contribution in [2.75, 3.05) is 0 Å². The van der Waals surface area contributed by atoms with E-state index in [1.54, 1.807) is 10.9 Å². The number of nitrogens with two attached hydrogens (primary N) is 1. The zero-order valence-corrected chi connectivity index (χ0v) is 18.3. The molecule has 0 saturated carbocycles. The molecule has 2 atom stereocenters. The van der Waals surface area contributed by atoms with Crippen LogP contribution in [0, 0.1) is 19.8 Å². The van der Waals surface area contributed by atoms with Crippen LogP contribution in [0.4, 0.5) is 0 Å². The van der Waals surface area contributed by atoms with Crippen LogP contribution in [-0.4, -0.2) is 20.7 Å². The zero-order chi connectivity index (χ0) is 19.4. The molecule has 0 aliphatic carbocycles. The van der Waals surface area contributed by atoms with Gasteiger partial charge in [0.25, 0.3) is 0 Å². The molecule has 0 spiro atoms. The van der Waals surface area contributed by atoms with Crippen LogP contribution in [0.3, 0.4) is 0 Å². The largest absolute Gasteiger partial charge is 0.352 e. The minimum Gasteiger partial charge on any atom is -0.352 e. The number of carbonyl (C=O) groups is 1. The summed E-state index contributed by atoms with van der Waals surface area (Å²) in [6.45, 7) is 6.20. The van der Waals surface area contributed by atoms with Crippen molar-refractivity contribution < 1.29 is 4.79 Å². The summed E-state index contributed by atoms with van der Waals surface area (Å²) in [7, 11) is 0. The zero-order valence-electron chi connectivity index (χ0n) is 16.7. The molecule has 2 aromatic heterocycles. The lowest BCUT2D eigenvalue weighted by Gasteiger charge is -2.19. The van der Waals surface area contributed by atoms with Gasteiger partial charge in [0.15, 0.2) is 5.82 Å². The van der Waals surface area contributed by atoms with E-state index in [0.717, 1.165) is 28.3 Å². The van der Waals surface area contributed by atoms with Crippen molar-refractivity contribution in [2.45, 2.75) is 33.4 Å². The van der Waals surface area contributed by atoms with E-state index in [2.05, 4.69) is 15.4 Å². The van der Waals surface area contributed by atoms with Crippen molar-refractivity contribution in [1.29, 1.82) is 0 Å². The molecular weight excluding hydrogens is 409 g/mol. The number of halogens is 2. The van der Waals surface area contributed by atoms with Gasteiger partial charge in [-0.25, -0.2) is 9.67 Å². The Kier molecular flexibility index (Phi) is 9.30. The highest BCUT2D eigenvalue weighted by Crippen LogP contribution is 2.19. The number of carbonyl (C=O) groups excluding carboxylic acids is 1. The van der Waals surface area contributed by atoms with Gasteiger partial charge >= 0.3 is 0 Å². The second kappa shape index (κ2) is 11.0. The van der Waals surface area contributed by atoms with Crippen molar-refractivity contribution in [3.8, 4) is 5.82 Å². The third-order valence-electron chi connectivity index (χ3n) is 4.64. The normalized spacial score (nSPS) is 12.3. The van der Waals surface area contributed by atoms with E-state index in [-0.39, 0.29) is 42.7 Å². The monoisotopic (exact) mass is 435 g/mol. The molecule has 0 saturated heterocycles. The van der Waals surface area contributed by atoms with Gasteiger partial charge in [-0.1, -0.05) is 43.3 Å². The SMILES string of the molecule is Cc1cc(C)n(-c2ccc(CNC(=O)C(C)C(N)c3ccccc3)cn2)n1.Cl.Cl. The predicted octanol–water partition coefficient (Wildman–Crippen LogP) is 3.68. The van der Waals surface area contributed by atoms with Crippen LogP contribution in [0.1, 0.15) is 35.5 Å². The number of nitrogens with zero attached hydrogens (tertiary/aromatic N) is 3. The van der Waals surface area contributed by atoms with Crippen molar-refractivity contribution >= 4 is 30.7 Å². The first kappa shape index (κ1) is 24.6. The van der Waals surface area contributed by atoms with Gasteiger partial charge in [0, 0.05) is 24.5 Å². The Labute approximate surface area is 183 Å². The molecular formula is C21H27Cl2N5O. The van der Waals surface area contributed by atoms with Crippen molar-refractivity contribution in [3.05, 3.63) is 77.2 Å². The van der Waals surface area contributed by atoms with Crippen LogP contribution in [0.15, 0.2) is 54.7 Å². The number of pyridine rings is 1. The van der Waals surface area contributed by atoms with Crippen LogP contribution in [0.25, 0.3) is 5.82 Å². The van der Waals surface area contributed by atoms with Gasteiger partial charge in [0.05, 0.1) is 11.6 Å². The Morgan fingerprint density at radius 2 is 1.83 bits per heavy atom. The molecule has 2 heterocycles. The standard InChI is InChI=1S/C21H25N5O.2ClH/c1-14-11-15(2)26(25-14)19-10-9-17(12-23-19)13-24-21(27)16(3)20(22)18-7-5-4-6-8-18;;/h4-12,16,20H,13,22H2,1-3H3,(H,24,27);2*1H. The molecule has 1 amide bonds. The molecule has 0 radical (unpaired) electrons. The number of benzene rings is 1. The first-order chi connectivity index (χ1) is 13.0. The minimum absolute atomic E-state index is 0. The highest BCUT2D eigenvalue weighted by molar-refractivity contribution is 5.85. The van der Waals surface area contributed by atoms with Crippen LogP contribution < -0.4 is 11.1 Å².